The van der Waals surface area contributed by atoms with Crippen LogP contribution in [0.5, 0.6) is 5.75 Å². The molecule has 0 aliphatic carbocycles. The first-order chi connectivity index (χ1) is 8.20. The lowest BCUT2D eigenvalue weighted by atomic mass is 10.0. The lowest BCUT2D eigenvalue weighted by molar-refractivity contribution is 0.414. The van der Waals surface area contributed by atoms with Gasteiger partial charge in [-0.05, 0) is 58.0 Å². The van der Waals surface area contributed by atoms with Crippen LogP contribution in [0.2, 0.25) is 0 Å². The van der Waals surface area contributed by atoms with Crippen molar-refractivity contribution in [2.75, 3.05) is 7.11 Å². The quantitative estimate of drug-likeness (QED) is 0.574. The fourth-order valence-electron chi connectivity index (χ4n) is 1.63. The third-order valence-electron chi connectivity index (χ3n) is 2.55. The highest BCUT2D eigenvalue weighted by atomic mass is 127. The predicted molar refractivity (Wildman–Crippen MR) is 79.8 cm³/mol. The monoisotopic (exact) mass is 358 g/mol. The zero-order valence-corrected chi connectivity index (χ0v) is 12.3. The van der Waals surface area contributed by atoms with Crippen LogP contribution < -0.4 is 4.74 Å². The Morgan fingerprint density at radius 3 is 2.35 bits per heavy atom. The number of methoxy groups -OCH3 is 1. The third kappa shape index (κ3) is 3.13. The predicted octanol–water partition coefficient (Wildman–Crippen LogP) is 4.63. The molecule has 0 heterocycles. The van der Waals surface area contributed by atoms with Crippen molar-refractivity contribution in [1.82, 2.24) is 0 Å². The molecule has 0 spiro atoms. The molecule has 2 rings (SSSR count). The van der Waals surface area contributed by atoms with Crippen molar-refractivity contribution in [1.29, 1.82) is 0 Å². The summed E-state index contributed by atoms with van der Waals surface area (Å²) in [6, 6.07) is 16.1. The minimum Gasteiger partial charge on any atom is -0.497 e. The average Bonchev–Trinajstić information content (AvgIpc) is 2.38. The molecule has 1 unspecified atom stereocenters. The molecule has 0 bridgehead atoms. The highest BCUT2D eigenvalue weighted by Crippen LogP contribution is 2.30. The van der Waals surface area contributed by atoms with Crippen LogP contribution in [-0.4, -0.2) is 7.11 Å². The van der Waals surface area contributed by atoms with Gasteiger partial charge in [-0.25, -0.2) is 0 Å². The van der Waals surface area contributed by atoms with Crippen molar-refractivity contribution in [3.05, 3.63) is 63.2 Å². The minimum atomic E-state index is -0.115. The normalized spacial score (nSPS) is 12.2. The van der Waals surface area contributed by atoms with Crippen LogP contribution in [0, 0.1) is 3.57 Å². The smallest absolute Gasteiger partial charge is 0.118 e. The van der Waals surface area contributed by atoms with E-state index in [0.717, 1.165) is 16.9 Å². The number of halogens is 2. The molecule has 17 heavy (non-hydrogen) atoms. The Hall–Kier alpha value is -0.740. The Morgan fingerprint density at radius 1 is 1.06 bits per heavy atom. The van der Waals surface area contributed by atoms with Crippen LogP contribution in [0.15, 0.2) is 48.5 Å². The van der Waals surface area contributed by atoms with E-state index in [4.69, 9.17) is 16.3 Å². The Balaban J connectivity index is 2.27. The van der Waals surface area contributed by atoms with Crippen LogP contribution in [0.4, 0.5) is 0 Å². The van der Waals surface area contributed by atoms with Crippen LogP contribution >= 0.6 is 34.2 Å². The highest BCUT2D eigenvalue weighted by Gasteiger charge is 2.10. The summed E-state index contributed by atoms with van der Waals surface area (Å²) in [5.41, 5.74) is 2.19. The lowest BCUT2D eigenvalue weighted by Gasteiger charge is -2.11. The van der Waals surface area contributed by atoms with Gasteiger partial charge < -0.3 is 4.74 Å². The molecule has 0 saturated carbocycles. The molecule has 1 nitrogen and oxygen atoms in total. The summed E-state index contributed by atoms with van der Waals surface area (Å²) >= 11 is 8.75. The summed E-state index contributed by atoms with van der Waals surface area (Å²) in [6.45, 7) is 0. The largest absolute Gasteiger partial charge is 0.497 e. The maximum absolute atomic E-state index is 6.45. The number of hydrogen-bond acceptors (Lipinski definition) is 1. The van der Waals surface area contributed by atoms with Crippen molar-refractivity contribution in [3.8, 4) is 5.75 Å². The molecule has 0 aliphatic heterocycles. The standard InChI is InChI=1S/C14H12ClIO/c1-17-13-7-5-10(6-8-13)14(15)11-3-2-4-12(16)9-11/h2-9,14H,1H3. The van der Waals surface area contributed by atoms with Gasteiger partial charge in [-0.15, -0.1) is 11.6 Å². The summed E-state index contributed by atoms with van der Waals surface area (Å²) in [6.07, 6.45) is 0. The minimum absolute atomic E-state index is 0.115. The van der Waals surface area contributed by atoms with Crippen molar-refractivity contribution in [2.24, 2.45) is 0 Å². The first-order valence-corrected chi connectivity index (χ1v) is 6.75. The van der Waals surface area contributed by atoms with Gasteiger partial charge in [0.15, 0.2) is 0 Å². The molecule has 1 atom stereocenters. The van der Waals surface area contributed by atoms with E-state index in [1.165, 1.54) is 3.57 Å². The number of benzene rings is 2. The number of rotatable bonds is 3. The van der Waals surface area contributed by atoms with Crippen molar-refractivity contribution in [2.45, 2.75) is 5.38 Å². The van der Waals surface area contributed by atoms with Gasteiger partial charge in [0.1, 0.15) is 5.75 Å². The SMILES string of the molecule is COc1ccc(C(Cl)c2cccc(I)c2)cc1. The van der Waals surface area contributed by atoms with Gasteiger partial charge in [0.2, 0.25) is 0 Å². The maximum Gasteiger partial charge on any atom is 0.118 e. The summed E-state index contributed by atoms with van der Waals surface area (Å²) < 4.78 is 6.32. The molecule has 0 fully saturated rings. The van der Waals surface area contributed by atoms with E-state index >= 15 is 0 Å². The molecule has 2 aromatic carbocycles. The molecule has 0 saturated heterocycles. The number of hydrogen-bond donors (Lipinski definition) is 0. The lowest BCUT2D eigenvalue weighted by Crippen LogP contribution is -1.94. The molecule has 88 valence electrons. The second kappa shape index (κ2) is 5.74. The van der Waals surface area contributed by atoms with Gasteiger partial charge in [0.05, 0.1) is 12.5 Å². The van der Waals surface area contributed by atoms with E-state index in [9.17, 15) is 0 Å². The zero-order valence-electron chi connectivity index (χ0n) is 9.36. The Labute approximate surface area is 120 Å². The van der Waals surface area contributed by atoms with E-state index in [1.807, 2.05) is 36.4 Å². The van der Waals surface area contributed by atoms with Gasteiger partial charge in [-0.1, -0.05) is 24.3 Å². The highest BCUT2D eigenvalue weighted by molar-refractivity contribution is 14.1. The second-order valence-corrected chi connectivity index (χ2v) is 5.37. The summed E-state index contributed by atoms with van der Waals surface area (Å²) in [7, 11) is 1.66. The first kappa shape index (κ1) is 12.7. The van der Waals surface area contributed by atoms with Gasteiger partial charge in [0.25, 0.3) is 0 Å². The van der Waals surface area contributed by atoms with Gasteiger partial charge in [-0.2, -0.15) is 0 Å². The maximum atomic E-state index is 6.45. The molecular formula is C14H12ClIO. The molecule has 0 radical (unpaired) electrons. The van der Waals surface area contributed by atoms with Crippen molar-refractivity contribution in [3.63, 3.8) is 0 Å². The summed E-state index contributed by atoms with van der Waals surface area (Å²) in [5, 5.41) is -0.115. The van der Waals surface area contributed by atoms with E-state index in [1.54, 1.807) is 7.11 Å². The molecule has 0 aromatic heterocycles. The summed E-state index contributed by atoms with van der Waals surface area (Å²) in [5.74, 6) is 0.847. The molecule has 2 aromatic rings. The summed E-state index contributed by atoms with van der Waals surface area (Å²) in [4.78, 5) is 0. The Kier molecular flexibility index (Phi) is 4.29. The molecule has 0 aliphatic rings. The van der Waals surface area contributed by atoms with Crippen molar-refractivity contribution >= 4 is 34.2 Å². The van der Waals surface area contributed by atoms with E-state index in [2.05, 4.69) is 34.7 Å². The molecule has 3 heteroatoms. The fraction of sp³-hybridized carbons (Fsp3) is 0.143. The van der Waals surface area contributed by atoms with Gasteiger partial charge in [-0.3, -0.25) is 0 Å². The van der Waals surface area contributed by atoms with E-state index in [-0.39, 0.29) is 5.38 Å². The van der Waals surface area contributed by atoms with Crippen LogP contribution in [0.1, 0.15) is 16.5 Å². The second-order valence-electron chi connectivity index (χ2n) is 3.69. The van der Waals surface area contributed by atoms with Gasteiger partial charge >= 0.3 is 0 Å². The molecule has 0 amide bonds. The number of ether oxygens (including phenoxy) is 1. The average molecular weight is 359 g/mol. The van der Waals surface area contributed by atoms with Crippen LogP contribution in [0.25, 0.3) is 0 Å². The topological polar surface area (TPSA) is 9.23 Å². The number of alkyl halides is 1. The van der Waals surface area contributed by atoms with E-state index in [0.29, 0.717) is 0 Å². The molecule has 0 N–H and O–H groups in total. The Bertz CT molecular complexity index is 496. The van der Waals surface area contributed by atoms with Crippen LogP contribution in [0.3, 0.4) is 0 Å². The van der Waals surface area contributed by atoms with Gasteiger partial charge in [0, 0.05) is 3.57 Å². The third-order valence-corrected chi connectivity index (χ3v) is 3.72. The Morgan fingerprint density at radius 2 is 1.76 bits per heavy atom. The van der Waals surface area contributed by atoms with Crippen LogP contribution in [-0.2, 0) is 0 Å². The molecular weight excluding hydrogens is 347 g/mol. The fourth-order valence-corrected chi connectivity index (χ4v) is 2.48. The van der Waals surface area contributed by atoms with E-state index < -0.39 is 0 Å². The van der Waals surface area contributed by atoms with Crippen molar-refractivity contribution < 1.29 is 4.74 Å². The first-order valence-electron chi connectivity index (χ1n) is 5.24. The zero-order chi connectivity index (χ0) is 12.3.